The lowest BCUT2D eigenvalue weighted by Crippen LogP contribution is -2.43. The molecule has 1 aromatic rings. The van der Waals surface area contributed by atoms with Crippen LogP contribution in [-0.4, -0.2) is 46.0 Å². The summed E-state index contributed by atoms with van der Waals surface area (Å²) < 4.78 is 0. The van der Waals surface area contributed by atoms with E-state index in [1.165, 1.54) is 0 Å². The van der Waals surface area contributed by atoms with Gasteiger partial charge in [0.25, 0.3) is 0 Å². The Morgan fingerprint density at radius 2 is 1.45 bits per heavy atom. The van der Waals surface area contributed by atoms with Crippen molar-refractivity contribution in [3.63, 3.8) is 0 Å². The van der Waals surface area contributed by atoms with E-state index in [-0.39, 0.29) is 0 Å². The number of carbonyl (C=O) groups is 3. The van der Waals surface area contributed by atoms with Gasteiger partial charge < -0.3 is 15.9 Å². The maximum Gasteiger partial charge on any atom is 0.317 e. The van der Waals surface area contributed by atoms with Crippen molar-refractivity contribution in [1.29, 1.82) is 0 Å². The summed E-state index contributed by atoms with van der Waals surface area (Å²) >= 11 is 0. The van der Waals surface area contributed by atoms with Gasteiger partial charge in [-0.15, -0.1) is 0 Å². The largest absolute Gasteiger partial charge is 0.480 e. The first kappa shape index (κ1) is 17.6. The first-order valence-electron chi connectivity index (χ1n) is 6.68. The molecule has 0 radical (unpaired) electrons. The fourth-order valence-corrected chi connectivity index (χ4v) is 2.39. The molecule has 0 aliphatic heterocycles. The van der Waals surface area contributed by atoms with E-state index in [1.807, 2.05) is 19.9 Å². The van der Waals surface area contributed by atoms with Crippen LogP contribution in [0.1, 0.15) is 28.3 Å². The van der Waals surface area contributed by atoms with Crippen LogP contribution in [-0.2, 0) is 14.4 Å². The number of nitrogens with two attached hydrogens (primary N) is 1. The minimum atomic E-state index is -1.23. The van der Waals surface area contributed by atoms with Gasteiger partial charge in [-0.25, -0.2) is 0 Å². The van der Waals surface area contributed by atoms with Crippen molar-refractivity contribution in [2.24, 2.45) is 5.73 Å². The first-order chi connectivity index (χ1) is 10.1. The summed E-state index contributed by atoms with van der Waals surface area (Å²) in [5.41, 5.74) is 8.63. The van der Waals surface area contributed by atoms with E-state index in [2.05, 4.69) is 0 Å². The van der Waals surface area contributed by atoms with Crippen LogP contribution in [0.15, 0.2) is 12.1 Å². The molecule has 0 saturated carbocycles. The summed E-state index contributed by atoms with van der Waals surface area (Å²) in [5.74, 6) is -3.24. The molecule has 1 unspecified atom stereocenters. The fourth-order valence-electron chi connectivity index (χ4n) is 2.39. The van der Waals surface area contributed by atoms with Crippen molar-refractivity contribution in [3.05, 3.63) is 34.4 Å². The highest BCUT2D eigenvalue weighted by molar-refractivity contribution is 5.84. The Labute approximate surface area is 128 Å². The Morgan fingerprint density at radius 1 is 1.00 bits per heavy atom. The molecule has 0 aliphatic carbocycles. The van der Waals surface area contributed by atoms with E-state index in [4.69, 9.17) is 15.9 Å². The standard InChI is InChI=1S/C15H20N2O5/c1-8-4-10(3)11(5-9(8)2)14(15(16)22)17(6-12(18)19)7-13(20)21/h4-5,14H,6-7H2,1-3H3,(H2,16,22)(H,18,19)(H,20,21). The van der Waals surface area contributed by atoms with E-state index in [0.717, 1.165) is 21.6 Å². The molecule has 1 amide bonds. The Balaban J connectivity index is 3.36. The molecule has 0 spiro atoms. The Hall–Kier alpha value is -2.41. The van der Waals surface area contributed by atoms with E-state index >= 15 is 0 Å². The molecule has 0 heterocycles. The zero-order valence-electron chi connectivity index (χ0n) is 12.8. The number of benzene rings is 1. The van der Waals surface area contributed by atoms with Gasteiger partial charge in [0, 0.05) is 0 Å². The molecular weight excluding hydrogens is 288 g/mol. The van der Waals surface area contributed by atoms with Crippen molar-refractivity contribution < 1.29 is 24.6 Å². The molecule has 120 valence electrons. The van der Waals surface area contributed by atoms with Gasteiger partial charge in [-0.3, -0.25) is 19.3 Å². The summed E-state index contributed by atoms with van der Waals surface area (Å²) in [5, 5.41) is 17.9. The lowest BCUT2D eigenvalue weighted by Gasteiger charge is -2.28. The number of amides is 1. The summed E-state index contributed by atoms with van der Waals surface area (Å²) in [7, 11) is 0. The molecule has 0 bridgehead atoms. The van der Waals surface area contributed by atoms with Gasteiger partial charge >= 0.3 is 11.9 Å². The van der Waals surface area contributed by atoms with E-state index in [9.17, 15) is 14.4 Å². The van der Waals surface area contributed by atoms with Gasteiger partial charge in [-0.05, 0) is 43.0 Å². The van der Waals surface area contributed by atoms with Crippen LogP contribution in [0.5, 0.6) is 0 Å². The van der Waals surface area contributed by atoms with Crippen molar-refractivity contribution >= 4 is 17.8 Å². The van der Waals surface area contributed by atoms with Crippen molar-refractivity contribution in [3.8, 4) is 0 Å². The molecule has 4 N–H and O–H groups in total. The van der Waals surface area contributed by atoms with Crippen LogP contribution in [0, 0.1) is 20.8 Å². The van der Waals surface area contributed by atoms with E-state index in [0.29, 0.717) is 5.56 Å². The molecule has 7 heteroatoms. The van der Waals surface area contributed by atoms with Crippen molar-refractivity contribution in [1.82, 2.24) is 4.90 Å². The molecular formula is C15H20N2O5. The molecule has 0 aromatic heterocycles. The third-order valence-corrected chi connectivity index (χ3v) is 3.49. The molecule has 1 atom stereocenters. The molecule has 1 aromatic carbocycles. The Kier molecular flexibility index (Phi) is 5.64. The Bertz CT molecular complexity index is 596. The number of carbonyl (C=O) groups excluding carboxylic acids is 1. The number of carboxylic acids is 2. The minimum Gasteiger partial charge on any atom is -0.480 e. The second-order valence-electron chi connectivity index (χ2n) is 5.29. The average molecular weight is 308 g/mol. The van der Waals surface area contributed by atoms with Gasteiger partial charge in [0.2, 0.25) is 5.91 Å². The number of carboxylic acid groups (broad SMARTS) is 2. The molecule has 0 aliphatic rings. The Morgan fingerprint density at radius 3 is 1.86 bits per heavy atom. The lowest BCUT2D eigenvalue weighted by molar-refractivity contribution is -0.143. The third kappa shape index (κ3) is 4.29. The SMILES string of the molecule is Cc1cc(C)c(C(C(N)=O)N(CC(=O)O)CC(=O)O)cc1C. The van der Waals surface area contributed by atoms with Crippen LogP contribution in [0.25, 0.3) is 0 Å². The van der Waals surface area contributed by atoms with Crippen LogP contribution in [0.3, 0.4) is 0 Å². The van der Waals surface area contributed by atoms with Crippen LogP contribution in [0.4, 0.5) is 0 Å². The molecule has 0 saturated heterocycles. The highest BCUT2D eigenvalue weighted by Gasteiger charge is 2.30. The van der Waals surface area contributed by atoms with Crippen LogP contribution < -0.4 is 5.73 Å². The smallest absolute Gasteiger partial charge is 0.317 e. The van der Waals surface area contributed by atoms with Crippen LogP contribution >= 0.6 is 0 Å². The quantitative estimate of drug-likeness (QED) is 0.678. The number of rotatable bonds is 7. The third-order valence-electron chi connectivity index (χ3n) is 3.49. The zero-order chi connectivity index (χ0) is 17.0. The first-order valence-corrected chi connectivity index (χ1v) is 6.68. The minimum absolute atomic E-state index is 0.526. The summed E-state index contributed by atoms with van der Waals surface area (Å²) in [4.78, 5) is 34.8. The summed E-state index contributed by atoms with van der Waals surface area (Å²) in [6, 6.07) is 2.50. The topological polar surface area (TPSA) is 121 Å². The number of nitrogens with zero attached hydrogens (tertiary/aromatic N) is 1. The molecule has 22 heavy (non-hydrogen) atoms. The predicted molar refractivity (Wildman–Crippen MR) is 79.4 cm³/mol. The molecule has 0 fully saturated rings. The number of primary amides is 1. The number of hydrogen-bond acceptors (Lipinski definition) is 4. The van der Waals surface area contributed by atoms with Crippen molar-refractivity contribution in [2.45, 2.75) is 26.8 Å². The van der Waals surface area contributed by atoms with Gasteiger partial charge in [-0.1, -0.05) is 12.1 Å². The summed E-state index contributed by atoms with van der Waals surface area (Å²) in [6.45, 7) is 4.36. The highest BCUT2D eigenvalue weighted by Crippen LogP contribution is 2.26. The number of hydrogen-bond donors (Lipinski definition) is 3. The second kappa shape index (κ2) is 7.04. The monoisotopic (exact) mass is 308 g/mol. The maximum atomic E-state index is 11.8. The predicted octanol–water partition coefficient (Wildman–Crippen LogP) is 0.609. The lowest BCUT2D eigenvalue weighted by atomic mass is 9.94. The van der Waals surface area contributed by atoms with Gasteiger partial charge in [0.15, 0.2) is 0 Å². The molecule has 1 rings (SSSR count). The van der Waals surface area contributed by atoms with E-state index in [1.54, 1.807) is 13.0 Å². The number of aryl methyl sites for hydroxylation is 3. The second-order valence-corrected chi connectivity index (χ2v) is 5.29. The van der Waals surface area contributed by atoms with E-state index < -0.39 is 37.0 Å². The normalized spacial score (nSPS) is 12.2. The van der Waals surface area contributed by atoms with Crippen molar-refractivity contribution in [2.75, 3.05) is 13.1 Å². The highest BCUT2D eigenvalue weighted by atomic mass is 16.4. The van der Waals surface area contributed by atoms with Crippen LogP contribution in [0.2, 0.25) is 0 Å². The maximum absolute atomic E-state index is 11.8. The number of aliphatic carboxylic acids is 2. The molecule has 7 nitrogen and oxygen atoms in total. The van der Waals surface area contributed by atoms with Gasteiger partial charge in [-0.2, -0.15) is 0 Å². The van der Waals surface area contributed by atoms with Gasteiger partial charge in [0.1, 0.15) is 6.04 Å². The average Bonchev–Trinajstić information content (AvgIpc) is 2.33. The van der Waals surface area contributed by atoms with Gasteiger partial charge in [0.05, 0.1) is 13.1 Å². The summed E-state index contributed by atoms with van der Waals surface area (Å²) in [6.07, 6.45) is 0. The fraction of sp³-hybridized carbons (Fsp3) is 0.400. The zero-order valence-corrected chi connectivity index (χ0v) is 12.8.